The van der Waals surface area contributed by atoms with Crippen LogP contribution in [0.3, 0.4) is 0 Å². The van der Waals surface area contributed by atoms with E-state index in [0.29, 0.717) is 32.6 Å². The van der Waals surface area contributed by atoms with Gasteiger partial charge in [-0.1, -0.05) is 30.3 Å². The van der Waals surface area contributed by atoms with Crippen LogP contribution < -0.4 is 9.64 Å². The number of hydrogen-bond acceptors (Lipinski definition) is 4. The Morgan fingerprint density at radius 1 is 1.00 bits per heavy atom. The highest BCUT2D eigenvalue weighted by atomic mass is 16.5. The first-order chi connectivity index (χ1) is 14.6. The first-order valence-corrected chi connectivity index (χ1v) is 10.6. The molecule has 6 heteroatoms. The molecule has 6 nitrogen and oxygen atoms in total. The van der Waals surface area contributed by atoms with Crippen LogP contribution in [0.2, 0.25) is 0 Å². The highest BCUT2D eigenvalue weighted by Gasteiger charge is 2.37. The highest BCUT2D eigenvalue weighted by molar-refractivity contribution is 5.89. The number of anilines is 1. The van der Waals surface area contributed by atoms with Crippen LogP contribution in [-0.4, -0.2) is 68.0 Å². The quantitative estimate of drug-likeness (QED) is 0.738. The van der Waals surface area contributed by atoms with E-state index in [-0.39, 0.29) is 17.7 Å². The Bertz CT molecular complexity index is 861. The van der Waals surface area contributed by atoms with Crippen LogP contribution in [0, 0.1) is 5.92 Å². The number of piperazine rings is 1. The van der Waals surface area contributed by atoms with Gasteiger partial charge in [0.25, 0.3) is 0 Å². The minimum absolute atomic E-state index is 0.0983. The number of ether oxygens (including phenoxy) is 1. The van der Waals surface area contributed by atoms with Gasteiger partial charge >= 0.3 is 0 Å². The minimum Gasteiger partial charge on any atom is -0.497 e. The number of nitrogens with zero attached hydrogens (tertiary/aromatic N) is 3. The lowest BCUT2D eigenvalue weighted by Crippen LogP contribution is -2.50. The number of rotatable bonds is 6. The lowest BCUT2D eigenvalue weighted by Gasteiger charge is -2.37. The number of carbonyl (C=O) groups is 2. The van der Waals surface area contributed by atoms with Crippen molar-refractivity contribution in [2.75, 3.05) is 51.3 Å². The zero-order valence-electron chi connectivity index (χ0n) is 17.5. The van der Waals surface area contributed by atoms with E-state index in [4.69, 9.17) is 4.74 Å². The van der Waals surface area contributed by atoms with Gasteiger partial charge in [0.15, 0.2) is 0 Å². The van der Waals surface area contributed by atoms with Crippen LogP contribution in [0.4, 0.5) is 5.69 Å². The second-order valence-electron chi connectivity index (χ2n) is 7.99. The number of likely N-dealkylation sites (tertiary alicyclic amines) is 1. The SMILES string of the molecule is COc1ccc(N2CCN(C(=O)[C@@H]3CC(=O)N(CCc4ccccc4)C3)CC2)cc1. The lowest BCUT2D eigenvalue weighted by molar-refractivity contribution is -0.136. The molecule has 2 amide bonds. The molecule has 0 radical (unpaired) electrons. The molecular formula is C24H29N3O3. The number of benzene rings is 2. The predicted octanol–water partition coefficient (Wildman–Crippen LogP) is 2.43. The third-order valence-corrected chi connectivity index (χ3v) is 6.11. The Balaban J connectivity index is 1.27. The van der Waals surface area contributed by atoms with Crippen molar-refractivity contribution in [1.29, 1.82) is 0 Å². The van der Waals surface area contributed by atoms with E-state index >= 15 is 0 Å². The molecule has 2 heterocycles. The molecule has 1 atom stereocenters. The van der Waals surface area contributed by atoms with Crippen molar-refractivity contribution in [3.05, 3.63) is 60.2 Å². The molecule has 2 aromatic rings. The fraction of sp³-hybridized carbons (Fsp3) is 0.417. The molecule has 158 valence electrons. The van der Waals surface area contributed by atoms with Crippen LogP contribution >= 0.6 is 0 Å². The summed E-state index contributed by atoms with van der Waals surface area (Å²) in [6.45, 7) is 4.22. The molecule has 0 aliphatic carbocycles. The highest BCUT2D eigenvalue weighted by Crippen LogP contribution is 2.24. The summed E-state index contributed by atoms with van der Waals surface area (Å²) < 4.78 is 5.22. The topological polar surface area (TPSA) is 53.1 Å². The largest absolute Gasteiger partial charge is 0.497 e. The molecule has 2 aromatic carbocycles. The second kappa shape index (κ2) is 9.20. The Labute approximate surface area is 178 Å². The summed E-state index contributed by atoms with van der Waals surface area (Å²) in [6, 6.07) is 18.2. The molecule has 2 fully saturated rings. The smallest absolute Gasteiger partial charge is 0.228 e. The van der Waals surface area contributed by atoms with Crippen molar-refractivity contribution in [1.82, 2.24) is 9.80 Å². The molecule has 4 rings (SSSR count). The maximum absolute atomic E-state index is 13.0. The van der Waals surface area contributed by atoms with Crippen molar-refractivity contribution in [2.45, 2.75) is 12.8 Å². The third-order valence-electron chi connectivity index (χ3n) is 6.11. The van der Waals surface area contributed by atoms with E-state index < -0.39 is 0 Å². The molecule has 2 aliphatic rings. The number of carbonyl (C=O) groups excluding carboxylic acids is 2. The number of methoxy groups -OCH3 is 1. The standard InChI is InChI=1S/C24H29N3O3/c1-30-22-9-7-21(8-10-22)25-13-15-26(16-14-25)24(29)20-17-23(28)27(18-20)12-11-19-5-3-2-4-6-19/h2-10,20H,11-18H2,1H3/t20-/m1/s1. The van der Waals surface area contributed by atoms with Crippen molar-refractivity contribution in [3.63, 3.8) is 0 Å². The van der Waals surface area contributed by atoms with Gasteiger partial charge in [0, 0.05) is 51.4 Å². The number of amides is 2. The van der Waals surface area contributed by atoms with Crippen LogP contribution in [-0.2, 0) is 16.0 Å². The van der Waals surface area contributed by atoms with E-state index in [1.54, 1.807) is 7.11 Å². The molecule has 2 aliphatic heterocycles. The van der Waals surface area contributed by atoms with Gasteiger partial charge in [-0.3, -0.25) is 9.59 Å². The van der Waals surface area contributed by atoms with Crippen LogP contribution in [0.1, 0.15) is 12.0 Å². The Morgan fingerprint density at radius 2 is 1.70 bits per heavy atom. The van der Waals surface area contributed by atoms with Gasteiger partial charge < -0.3 is 19.4 Å². The molecule has 0 unspecified atom stereocenters. The van der Waals surface area contributed by atoms with Gasteiger partial charge in [-0.25, -0.2) is 0 Å². The first-order valence-electron chi connectivity index (χ1n) is 10.6. The van der Waals surface area contributed by atoms with Crippen molar-refractivity contribution < 1.29 is 14.3 Å². The van der Waals surface area contributed by atoms with E-state index in [9.17, 15) is 9.59 Å². The van der Waals surface area contributed by atoms with E-state index in [1.165, 1.54) is 5.56 Å². The predicted molar refractivity (Wildman–Crippen MR) is 117 cm³/mol. The summed E-state index contributed by atoms with van der Waals surface area (Å²) in [5, 5.41) is 0. The summed E-state index contributed by atoms with van der Waals surface area (Å²) >= 11 is 0. The van der Waals surface area contributed by atoms with E-state index in [2.05, 4.69) is 29.2 Å². The zero-order valence-corrected chi connectivity index (χ0v) is 17.5. The lowest BCUT2D eigenvalue weighted by atomic mass is 10.1. The van der Waals surface area contributed by atoms with Crippen molar-refractivity contribution >= 4 is 17.5 Å². The molecule has 0 N–H and O–H groups in total. The fourth-order valence-electron chi connectivity index (χ4n) is 4.30. The van der Waals surface area contributed by atoms with E-state index in [1.807, 2.05) is 40.1 Å². The average Bonchev–Trinajstić information content (AvgIpc) is 3.18. The summed E-state index contributed by atoms with van der Waals surface area (Å²) in [7, 11) is 1.66. The third kappa shape index (κ3) is 4.58. The van der Waals surface area contributed by atoms with Crippen LogP contribution in [0.25, 0.3) is 0 Å². The van der Waals surface area contributed by atoms with Gasteiger partial charge in [0.1, 0.15) is 5.75 Å². The van der Waals surface area contributed by atoms with Crippen molar-refractivity contribution in [2.24, 2.45) is 5.92 Å². The van der Waals surface area contributed by atoms with Crippen LogP contribution in [0.15, 0.2) is 54.6 Å². The van der Waals surface area contributed by atoms with Gasteiger partial charge in [-0.2, -0.15) is 0 Å². The Kier molecular flexibility index (Phi) is 6.21. The van der Waals surface area contributed by atoms with Gasteiger partial charge in [0.05, 0.1) is 13.0 Å². The fourth-order valence-corrected chi connectivity index (χ4v) is 4.30. The monoisotopic (exact) mass is 407 g/mol. The average molecular weight is 408 g/mol. The molecule has 0 saturated carbocycles. The molecule has 30 heavy (non-hydrogen) atoms. The first kappa shape index (κ1) is 20.3. The van der Waals surface area contributed by atoms with Gasteiger partial charge in [-0.15, -0.1) is 0 Å². The summed E-state index contributed by atoms with van der Waals surface area (Å²) in [4.78, 5) is 31.5. The molecular weight excluding hydrogens is 378 g/mol. The Hall–Kier alpha value is -3.02. The molecule has 0 aromatic heterocycles. The Morgan fingerprint density at radius 3 is 2.37 bits per heavy atom. The van der Waals surface area contributed by atoms with Crippen LogP contribution in [0.5, 0.6) is 5.75 Å². The minimum atomic E-state index is -0.208. The molecule has 0 spiro atoms. The molecule has 2 saturated heterocycles. The summed E-state index contributed by atoms with van der Waals surface area (Å²) in [5.41, 5.74) is 2.36. The number of hydrogen-bond donors (Lipinski definition) is 0. The summed E-state index contributed by atoms with van der Waals surface area (Å²) in [5.74, 6) is 0.859. The second-order valence-corrected chi connectivity index (χ2v) is 7.99. The van der Waals surface area contributed by atoms with Crippen molar-refractivity contribution in [3.8, 4) is 5.75 Å². The van der Waals surface area contributed by atoms with Gasteiger partial charge in [-0.05, 0) is 36.2 Å². The van der Waals surface area contributed by atoms with Gasteiger partial charge in [0.2, 0.25) is 11.8 Å². The van der Waals surface area contributed by atoms with E-state index in [0.717, 1.165) is 30.9 Å². The maximum atomic E-state index is 13.0. The normalized spacial score (nSPS) is 19.3. The summed E-state index contributed by atoms with van der Waals surface area (Å²) in [6.07, 6.45) is 1.17. The maximum Gasteiger partial charge on any atom is 0.228 e. The zero-order chi connectivity index (χ0) is 20.9. The molecule has 0 bridgehead atoms.